The summed E-state index contributed by atoms with van der Waals surface area (Å²) in [5, 5.41) is 3.24. The van der Waals surface area contributed by atoms with Crippen LogP contribution in [0.25, 0.3) is 0 Å². The molecule has 136 valence electrons. The van der Waals surface area contributed by atoms with Crippen molar-refractivity contribution in [3.05, 3.63) is 24.3 Å². The van der Waals surface area contributed by atoms with Gasteiger partial charge >= 0.3 is 0 Å². The Hall–Kier alpha value is -1.75. The molecular weight excluding hydrogens is 318 g/mol. The number of amides is 1. The summed E-state index contributed by atoms with van der Waals surface area (Å²) in [7, 11) is 1.62. The average molecular weight is 345 g/mol. The molecule has 1 saturated heterocycles. The minimum atomic E-state index is -0.0406. The van der Waals surface area contributed by atoms with Crippen molar-refractivity contribution in [3.8, 4) is 11.5 Å². The Morgan fingerprint density at radius 1 is 1.24 bits per heavy atom. The number of hydrogen-bond acceptors (Lipinski definition) is 4. The maximum Gasteiger partial charge on any atom is 0.258 e. The largest absolute Gasteiger partial charge is 0.497 e. The van der Waals surface area contributed by atoms with Gasteiger partial charge in [0.2, 0.25) is 0 Å². The highest BCUT2D eigenvalue weighted by atomic mass is 16.5. The van der Waals surface area contributed by atoms with Gasteiger partial charge in [-0.2, -0.15) is 0 Å². The first-order chi connectivity index (χ1) is 12.3. The molecule has 3 aliphatic rings. The molecule has 0 spiro atoms. The minimum Gasteiger partial charge on any atom is -0.497 e. The van der Waals surface area contributed by atoms with Gasteiger partial charge in [-0.3, -0.25) is 4.79 Å². The number of methoxy groups -OCH3 is 1. The molecule has 1 N–H and O–H groups in total. The molecule has 1 aliphatic heterocycles. The van der Waals surface area contributed by atoms with Crippen molar-refractivity contribution in [1.82, 2.24) is 5.32 Å². The van der Waals surface area contributed by atoms with Gasteiger partial charge in [-0.25, -0.2) is 0 Å². The lowest BCUT2D eigenvalue weighted by Gasteiger charge is -2.50. The summed E-state index contributed by atoms with van der Waals surface area (Å²) < 4.78 is 16.8. The highest BCUT2D eigenvalue weighted by Gasteiger charge is 2.56. The molecule has 4 rings (SSSR count). The van der Waals surface area contributed by atoms with Gasteiger partial charge in [-0.05, 0) is 24.5 Å². The number of nitrogens with one attached hydrogen (secondary N) is 1. The fourth-order valence-electron chi connectivity index (χ4n) is 4.93. The van der Waals surface area contributed by atoms with Crippen molar-refractivity contribution in [3.63, 3.8) is 0 Å². The van der Waals surface area contributed by atoms with Crippen molar-refractivity contribution in [2.24, 2.45) is 17.8 Å². The van der Waals surface area contributed by atoms with Crippen LogP contribution in [0.15, 0.2) is 24.3 Å². The monoisotopic (exact) mass is 345 g/mol. The van der Waals surface area contributed by atoms with E-state index < -0.39 is 0 Å². The van der Waals surface area contributed by atoms with Gasteiger partial charge in [-0.1, -0.05) is 31.7 Å². The highest BCUT2D eigenvalue weighted by Crippen LogP contribution is 2.51. The molecule has 5 heteroatoms. The lowest BCUT2D eigenvalue weighted by molar-refractivity contribution is -0.131. The van der Waals surface area contributed by atoms with E-state index >= 15 is 0 Å². The average Bonchev–Trinajstić information content (AvgIpc) is 3.29. The van der Waals surface area contributed by atoms with Crippen LogP contribution in [0.5, 0.6) is 11.5 Å². The van der Waals surface area contributed by atoms with Crippen LogP contribution in [-0.2, 0) is 9.53 Å². The first kappa shape index (κ1) is 16.7. The zero-order valence-corrected chi connectivity index (χ0v) is 14.8. The smallest absolute Gasteiger partial charge is 0.258 e. The van der Waals surface area contributed by atoms with E-state index in [0.29, 0.717) is 29.6 Å². The summed E-state index contributed by atoms with van der Waals surface area (Å²) in [6.07, 6.45) is 6.63. The van der Waals surface area contributed by atoms with Gasteiger partial charge in [0.15, 0.2) is 6.61 Å². The zero-order valence-electron chi connectivity index (χ0n) is 14.8. The van der Waals surface area contributed by atoms with E-state index in [2.05, 4.69) is 5.32 Å². The summed E-state index contributed by atoms with van der Waals surface area (Å²) in [6, 6.07) is 7.60. The molecule has 5 nitrogen and oxygen atoms in total. The highest BCUT2D eigenvalue weighted by molar-refractivity contribution is 5.78. The predicted octanol–water partition coefficient (Wildman–Crippen LogP) is 2.78. The standard InChI is InChI=1S/C20H27NO4/c1-23-14-7-4-8-15(11-14)25-12-17(22)21-19-16-9-10-24-20(16)18(19)13-5-2-3-6-13/h4,7-8,11,13,16,18-20H,2-3,5-6,9-10,12H2,1H3,(H,21,22)/t16-,18+,19+,20-/m1/s1. The fraction of sp³-hybridized carbons (Fsp3) is 0.650. The summed E-state index contributed by atoms with van der Waals surface area (Å²) in [4.78, 5) is 12.4. The predicted molar refractivity (Wildman–Crippen MR) is 93.7 cm³/mol. The lowest BCUT2D eigenvalue weighted by Crippen LogP contribution is -2.63. The minimum absolute atomic E-state index is 0.0406. The topological polar surface area (TPSA) is 56.8 Å². The Bertz CT molecular complexity index is 609. The van der Waals surface area contributed by atoms with E-state index in [4.69, 9.17) is 14.2 Å². The third kappa shape index (κ3) is 3.34. The summed E-state index contributed by atoms with van der Waals surface area (Å²) in [6.45, 7) is 0.879. The Labute approximate surface area is 149 Å². The van der Waals surface area contributed by atoms with E-state index in [-0.39, 0.29) is 18.6 Å². The van der Waals surface area contributed by atoms with Crippen LogP contribution in [0.2, 0.25) is 0 Å². The maximum atomic E-state index is 12.4. The van der Waals surface area contributed by atoms with E-state index in [1.165, 1.54) is 25.7 Å². The second kappa shape index (κ2) is 7.24. The van der Waals surface area contributed by atoms with Gasteiger partial charge in [0.1, 0.15) is 11.5 Å². The second-order valence-electron chi connectivity index (χ2n) is 7.47. The van der Waals surface area contributed by atoms with Crippen molar-refractivity contribution in [2.45, 2.75) is 44.2 Å². The molecule has 1 amide bonds. The maximum absolute atomic E-state index is 12.4. The molecule has 2 aliphatic carbocycles. The van der Waals surface area contributed by atoms with Gasteiger partial charge in [0.25, 0.3) is 5.91 Å². The number of carbonyl (C=O) groups excluding carboxylic acids is 1. The van der Waals surface area contributed by atoms with E-state index in [1.807, 2.05) is 18.2 Å². The number of carbonyl (C=O) groups is 1. The fourth-order valence-corrected chi connectivity index (χ4v) is 4.93. The molecule has 0 aromatic heterocycles. The first-order valence-corrected chi connectivity index (χ1v) is 9.44. The van der Waals surface area contributed by atoms with Crippen LogP contribution in [0.1, 0.15) is 32.1 Å². The van der Waals surface area contributed by atoms with E-state index in [9.17, 15) is 4.79 Å². The Kier molecular flexibility index (Phi) is 4.84. The number of fused-ring (bicyclic) bond motifs is 1. The van der Waals surface area contributed by atoms with Crippen LogP contribution in [0.3, 0.4) is 0 Å². The zero-order chi connectivity index (χ0) is 17.2. The van der Waals surface area contributed by atoms with Gasteiger partial charge in [-0.15, -0.1) is 0 Å². The van der Waals surface area contributed by atoms with Crippen LogP contribution in [0.4, 0.5) is 0 Å². The van der Waals surface area contributed by atoms with Crippen LogP contribution in [0, 0.1) is 17.8 Å². The molecule has 0 bridgehead atoms. The summed E-state index contributed by atoms with van der Waals surface area (Å²) >= 11 is 0. The molecule has 25 heavy (non-hydrogen) atoms. The number of hydrogen-bond donors (Lipinski definition) is 1. The number of ether oxygens (including phenoxy) is 3. The third-order valence-electron chi connectivity index (χ3n) is 6.12. The molecule has 0 unspecified atom stereocenters. The number of rotatable bonds is 6. The van der Waals surface area contributed by atoms with Gasteiger partial charge in [0, 0.05) is 30.6 Å². The molecule has 0 radical (unpaired) electrons. The van der Waals surface area contributed by atoms with Crippen LogP contribution >= 0.6 is 0 Å². The third-order valence-corrected chi connectivity index (χ3v) is 6.12. The van der Waals surface area contributed by atoms with Crippen molar-refractivity contribution >= 4 is 5.91 Å². The molecule has 4 atom stereocenters. The Balaban J connectivity index is 1.33. The van der Waals surface area contributed by atoms with Crippen molar-refractivity contribution in [1.29, 1.82) is 0 Å². The summed E-state index contributed by atoms with van der Waals surface area (Å²) in [5.41, 5.74) is 0. The van der Waals surface area contributed by atoms with Crippen molar-refractivity contribution in [2.75, 3.05) is 20.3 Å². The van der Waals surface area contributed by atoms with Gasteiger partial charge < -0.3 is 19.5 Å². The molecule has 1 heterocycles. The molecule has 1 aromatic carbocycles. The quantitative estimate of drug-likeness (QED) is 0.861. The number of benzene rings is 1. The van der Waals surface area contributed by atoms with Gasteiger partial charge in [0.05, 0.1) is 13.2 Å². The molecule has 1 aromatic rings. The molecule has 2 saturated carbocycles. The second-order valence-corrected chi connectivity index (χ2v) is 7.47. The summed E-state index contributed by atoms with van der Waals surface area (Å²) in [5.74, 6) is 3.04. The first-order valence-electron chi connectivity index (χ1n) is 9.44. The molecule has 3 fully saturated rings. The Morgan fingerprint density at radius 2 is 2.04 bits per heavy atom. The van der Waals surface area contributed by atoms with Crippen LogP contribution in [-0.4, -0.2) is 38.4 Å². The van der Waals surface area contributed by atoms with E-state index in [0.717, 1.165) is 18.8 Å². The lowest BCUT2D eigenvalue weighted by atomic mass is 9.61. The Morgan fingerprint density at radius 3 is 2.84 bits per heavy atom. The molecular formula is C20H27NO4. The van der Waals surface area contributed by atoms with E-state index in [1.54, 1.807) is 13.2 Å². The van der Waals surface area contributed by atoms with Crippen LogP contribution < -0.4 is 14.8 Å². The SMILES string of the molecule is COc1cccc(OCC(=O)N[C@H]2[C@H]3CCO[C@H]3[C@H]2C2CCCC2)c1. The normalized spacial score (nSPS) is 31.2. The van der Waals surface area contributed by atoms with Crippen molar-refractivity contribution < 1.29 is 19.0 Å².